The zero-order valence-electron chi connectivity index (χ0n) is 11.6. The minimum Gasteiger partial charge on any atom is -0.496 e. The number of methoxy groups -OCH3 is 2. The minimum absolute atomic E-state index is 0.0649. The van der Waals surface area contributed by atoms with Crippen molar-refractivity contribution in [2.24, 2.45) is 0 Å². The van der Waals surface area contributed by atoms with E-state index in [0.717, 1.165) is 5.56 Å². The first-order chi connectivity index (χ1) is 9.65. The molecule has 0 saturated carbocycles. The van der Waals surface area contributed by atoms with Crippen LogP contribution in [0.1, 0.15) is 15.9 Å². The molecule has 104 valence electrons. The van der Waals surface area contributed by atoms with Crippen LogP contribution in [0, 0.1) is 0 Å². The van der Waals surface area contributed by atoms with Crippen molar-refractivity contribution in [1.82, 2.24) is 0 Å². The fourth-order valence-corrected chi connectivity index (χ4v) is 2.10. The van der Waals surface area contributed by atoms with Gasteiger partial charge in [0.2, 0.25) is 0 Å². The molecular weight excluding hydrogens is 254 g/mol. The second-order valence-electron chi connectivity index (χ2n) is 4.38. The Balaban J connectivity index is 2.33. The molecular formula is C16H17NO3. The van der Waals surface area contributed by atoms with E-state index in [-0.39, 0.29) is 12.2 Å². The minimum atomic E-state index is -0.0649. The molecule has 4 heteroatoms. The monoisotopic (exact) mass is 271 g/mol. The number of hydrogen-bond donors (Lipinski definition) is 1. The van der Waals surface area contributed by atoms with E-state index in [0.29, 0.717) is 22.7 Å². The summed E-state index contributed by atoms with van der Waals surface area (Å²) in [6.07, 6.45) is 0.252. The van der Waals surface area contributed by atoms with Crippen LogP contribution in [0.4, 0.5) is 5.69 Å². The highest BCUT2D eigenvalue weighted by atomic mass is 16.5. The summed E-state index contributed by atoms with van der Waals surface area (Å²) in [6.45, 7) is 0. The molecule has 2 rings (SSSR count). The van der Waals surface area contributed by atoms with Gasteiger partial charge in [0.15, 0.2) is 5.78 Å². The molecule has 0 saturated heterocycles. The molecule has 0 fully saturated rings. The zero-order valence-corrected chi connectivity index (χ0v) is 11.6. The molecule has 0 bridgehead atoms. The van der Waals surface area contributed by atoms with Gasteiger partial charge >= 0.3 is 0 Å². The van der Waals surface area contributed by atoms with E-state index < -0.39 is 0 Å². The van der Waals surface area contributed by atoms with Gasteiger partial charge in [0, 0.05) is 12.1 Å². The highest BCUT2D eigenvalue weighted by Gasteiger charge is 2.18. The third kappa shape index (κ3) is 2.91. The average molecular weight is 271 g/mol. The van der Waals surface area contributed by atoms with E-state index in [1.165, 1.54) is 14.2 Å². The molecule has 0 aliphatic heterocycles. The van der Waals surface area contributed by atoms with Crippen molar-refractivity contribution in [2.45, 2.75) is 6.42 Å². The standard InChI is InChI=1S/C16H17NO3/c1-19-14-7-4-8-15(20-2)16(14)13(18)10-11-5-3-6-12(17)9-11/h3-9H,10,17H2,1-2H3. The molecule has 0 unspecified atom stereocenters. The maximum absolute atomic E-state index is 12.5. The summed E-state index contributed by atoms with van der Waals surface area (Å²) in [5, 5.41) is 0. The van der Waals surface area contributed by atoms with E-state index in [2.05, 4.69) is 0 Å². The SMILES string of the molecule is COc1cccc(OC)c1C(=O)Cc1cccc(N)c1. The van der Waals surface area contributed by atoms with Gasteiger partial charge in [-0.1, -0.05) is 18.2 Å². The summed E-state index contributed by atoms with van der Waals surface area (Å²) in [7, 11) is 3.07. The fourth-order valence-electron chi connectivity index (χ4n) is 2.10. The summed E-state index contributed by atoms with van der Waals surface area (Å²) >= 11 is 0. The van der Waals surface area contributed by atoms with Gasteiger partial charge < -0.3 is 15.2 Å². The maximum atomic E-state index is 12.5. The van der Waals surface area contributed by atoms with Crippen LogP contribution in [0.2, 0.25) is 0 Å². The predicted molar refractivity (Wildman–Crippen MR) is 78.4 cm³/mol. The molecule has 0 amide bonds. The second-order valence-corrected chi connectivity index (χ2v) is 4.38. The van der Waals surface area contributed by atoms with Crippen LogP contribution in [0.5, 0.6) is 11.5 Å². The second kappa shape index (κ2) is 6.10. The number of ether oxygens (including phenoxy) is 2. The lowest BCUT2D eigenvalue weighted by Crippen LogP contribution is -2.08. The molecule has 20 heavy (non-hydrogen) atoms. The lowest BCUT2D eigenvalue weighted by molar-refractivity contribution is 0.0987. The largest absolute Gasteiger partial charge is 0.496 e. The van der Waals surface area contributed by atoms with Crippen LogP contribution in [0.3, 0.4) is 0 Å². The van der Waals surface area contributed by atoms with E-state index in [4.69, 9.17) is 15.2 Å². The normalized spacial score (nSPS) is 10.1. The van der Waals surface area contributed by atoms with Gasteiger partial charge in [0.05, 0.1) is 14.2 Å². The number of carbonyl (C=O) groups excluding carboxylic acids is 1. The molecule has 0 spiro atoms. The van der Waals surface area contributed by atoms with Crippen molar-refractivity contribution < 1.29 is 14.3 Å². The Morgan fingerprint density at radius 3 is 2.20 bits per heavy atom. The van der Waals surface area contributed by atoms with Crippen LogP contribution in [-0.4, -0.2) is 20.0 Å². The molecule has 2 aromatic carbocycles. The van der Waals surface area contributed by atoms with Crippen molar-refractivity contribution in [3.63, 3.8) is 0 Å². The number of anilines is 1. The zero-order chi connectivity index (χ0) is 14.5. The van der Waals surface area contributed by atoms with E-state index >= 15 is 0 Å². The molecule has 0 radical (unpaired) electrons. The molecule has 2 N–H and O–H groups in total. The Morgan fingerprint density at radius 2 is 1.65 bits per heavy atom. The Kier molecular flexibility index (Phi) is 4.25. The van der Waals surface area contributed by atoms with Crippen molar-refractivity contribution in [3.8, 4) is 11.5 Å². The fraction of sp³-hybridized carbons (Fsp3) is 0.188. The Hall–Kier alpha value is -2.49. The third-order valence-electron chi connectivity index (χ3n) is 3.02. The number of benzene rings is 2. The summed E-state index contributed by atoms with van der Waals surface area (Å²) in [6, 6.07) is 12.6. The topological polar surface area (TPSA) is 61.5 Å². The first-order valence-electron chi connectivity index (χ1n) is 6.24. The Bertz CT molecular complexity index is 601. The number of nitrogen functional groups attached to an aromatic ring is 1. The van der Waals surface area contributed by atoms with Crippen LogP contribution in [-0.2, 0) is 6.42 Å². The first kappa shape index (κ1) is 13.9. The number of Topliss-reactive ketones (excluding diaryl/α,β-unsaturated/α-hetero) is 1. The van der Waals surface area contributed by atoms with Gasteiger partial charge in [-0.25, -0.2) is 0 Å². The maximum Gasteiger partial charge on any atom is 0.174 e. The van der Waals surface area contributed by atoms with Crippen molar-refractivity contribution >= 4 is 11.5 Å². The van der Waals surface area contributed by atoms with Gasteiger partial charge in [0.1, 0.15) is 17.1 Å². The highest BCUT2D eigenvalue weighted by molar-refractivity contribution is 6.02. The van der Waals surface area contributed by atoms with Gasteiger partial charge in [-0.2, -0.15) is 0 Å². The smallest absolute Gasteiger partial charge is 0.174 e. The molecule has 4 nitrogen and oxygen atoms in total. The van der Waals surface area contributed by atoms with E-state index in [9.17, 15) is 4.79 Å². The number of rotatable bonds is 5. The molecule has 2 aromatic rings. The van der Waals surface area contributed by atoms with Crippen LogP contribution >= 0.6 is 0 Å². The number of nitrogens with two attached hydrogens (primary N) is 1. The molecule has 0 aliphatic carbocycles. The van der Waals surface area contributed by atoms with Crippen LogP contribution in [0.25, 0.3) is 0 Å². The summed E-state index contributed by atoms with van der Waals surface area (Å²) in [4.78, 5) is 12.5. The Labute approximate surface area is 118 Å². The molecule has 0 aromatic heterocycles. The van der Waals surface area contributed by atoms with E-state index in [1.807, 2.05) is 12.1 Å². The van der Waals surface area contributed by atoms with Gasteiger partial charge in [-0.15, -0.1) is 0 Å². The van der Waals surface area contributed by atoms with Crippen molar-refractivity contribution in [1.29, 1.82) is 0 Å². The van der Waals surface area contributed by atoms with Gasteiger partial charge in [-0.3, -0.25) is 4.79 Å². The predicted octanol–water partition coefficient (Wildman–Crippen LogP) is 2.71. The summed E-state index contributed by atoms with van der Waals surface area (Å²) in [5.74, 6) is 0.960. The van der Waals surface area contributed by atoms with Crippen LogP contribution < -0.4 is 15.2 Å². The number of ketones is 1. The Morgan fingerprint density at radius 1 is 1.05 bits per heavy atom. The van der Waals surface area contributed by atoms with Gasteiger partial charge in [0.25, 0.3) is 0 Å². The van der Waals surface area contributed by atoms with E-state index in [1.54, 1.807) is 30.3 Å². The summed E-state index contributed by atoms with van der Waals surface area (Å²) < 4.78 is 10.5. The van der Waals surface area contributed by atoms with Crippen LogP contribution in [0.15, 0.2) is 42.5 Å². The van der Waals surface area contributed by atoms with Gasteiger partial charge in [-0.05, 0) is 29.8 Å². The summed E-state index contributed by atoms with van der Waals surface area (Å²) in [5.41, 5.74) is 7.69. The first-order valence-corrected chi connectivity index (χ1v) is 6.24. The molecule has 0 aliphatic rings. The quantitative estimate of drug-likeness (QED) is 0.671. The van der Waals surface area contributed by atoms with Crippen molar-refractivity contribution in [3.05, 3.63) is 53.6 Å². The average Bonchev–Trinajstić information content (AvgIpc) is 2.46. The van der Waals surface area contributed by atoms with Crippen molar-refractivity contribution in [2.75, 3.05) is 20.0 Å². The molecule has 0 heterocycles. The number of carbonyl (C=O) groups is 1. The highest BCUT2D eigenvalue weighted by Crippen LogP contribution is 2.29. The lowest BCUT2D eigenvalue weighted by atomic mass is 10.0. The third-order valence-corrected chi connectivity index (χ3v) is 3.02. The number of hydrogen-bond acceptors (Lipinski definition) is 4. The lowest BCUT2D eigenvalue weighted by Gasteiger charge is -2.12. The molecule has 0 atom stereocenters.